The molecule has 0 unspecified atom stereocenters. The topological polar surface area (TPSA) is 66.5 Å². The summed E-state index contributed by atoms with van der Waals surface area (Å²) in [6.07, 6.45) is 2.23. The Hall–Kier alpha value is -3.22. The van der Waals surface area contributed by atoms with E-state index in [1.807, 2.05) is 48.5 Å². The number of nitrogens with one attached hydrogen (secondary N) is 1. The molecule has 5 nitrogen and oxygen atoms in total. The number of barbiturate groups is 1. The van der Waals surface area contributed by atoms with Gasteiger partial charge in [-0.05, 0) is 59.5 Å². The van der Waals surface area contributed by atoms with E-state index in [1.54, 1.807) is 24.3 Å². The molecule has 1 saturated heterocycles. The van der Waals surface area contributed by atoms with Crippen LogP contribution in [0, 0.1) is 0 Å². The van der Waals surface area contributed by atoms with Crippen molar-refractivity contribution < 1.29 is 14.4 Å². The van der Waals surface area contributed by atoms with Crippen molar-refractivity contribution in [2.75, 3.05) is 4.90 Å². The van der Waals surface area contributed by atoms with Gasteiger partial charge < -0.3 is 0 Å². The zero-order chi connectivity index (χ0) is 22.0. The van der Waals surface area contributed by atoms with E-state index in [-0.39, 0.29) is 5.57 Å². The Morgan fingerprint density at radius 1 is 0.903 bits per heavy atom. The fourth-order valence-corrected chi connectivity index (χ4v) is 3.79. The van der Waals surface area contributed by atoms with Gasteiger partial charge in [0.15, 0.2) is 0 Å². The molecule has 0 bridgehead atoms. The summed E-state index contributed by atoms with van der Waals surface area (Å²) in [5.41, 5.74) is 3.14. The van der Waals surface area contributed by atoms with Crippen molar-refractivity contribution in [1.82, 2.24) is 5.32 Å². The average molecular weight is 496 g/mol. The average Bonchev–Trinajstić information content (AvgIpc) is 2.75. The highest BCUT2D eigenvalue weighted by Gasteiger charge is 2.36. The molecule has 0 aromatic heterocycles. The second-order valence-corrected chi connectivity index (χ2v) is 8.23. The lowest BCUT2D eigenvalue weighted by molar-refractivity contribution is -0.122. The molecule has 4 amide bonds. The second kappa shape index (κ2) is 8.88. The standard InChI is InChI=1S/C24H16BrClN2O3/c25-21-4-2-1-3-17(21)13-15-5-7-16(8-6-15)14-20-22(29)27-24(31)28(23(20)30)19-11-9-18(26)10-12-19/h1-12,14H,13H2,(H,27,29,31)/b20-14+. The molecule has 3 aromatic carbocycles. The summed E-state index contributed by atoms with van der Waals surface area (Å²) >= 11 is 9.43. The molecular weight excluding hydrogens is 480 g/mol. The van der Waals surface area contributed by atoms with E-state index in [1.165, 1.54) is 6.08 Å². The summed E-state index contributed by atoms with van der Waals surface area (Å²) in [6.45, 7) is 0. The molecule has 154 valence electrons. The summed E-state index contributed by atoms with van der Waals surface area (Å²) in [6, 6.07) is 21.0. The molecule has 0 spiro atoms. The highest BCUT2D eigenvalue weighted by atomic mass is 79.9. The van der Waals surface area contributed by atoms with Crippen molar-refractivity contribution in [3.63, 3.8) is 0 Å². The minimum absolute atomic E-state index is 0.117. The Morgan fingerprint density at radius 3 is 2.26 bits per heavy atom. The number of nitrogens with zero attached hydrogens (tertiary/aromatic N) is 1. The largest absolute Gasteiger partial charge is 0.335 e. The van der Waals surface area contributed by atoms with Crippen molar-refractivity contribution in [2.45, 2.75) is 6.42 Å². The molecule has 3 aromatic rings. The zero-order valence-corrected chi connectivity index (χ0v) is 18.5. The summed E-state index contributed by atoms with van der Waals surface area (Å²) in [5.74, 6) is -1.41. The van der Waals surface area contributed by atoms with Crippen LogP contribution in [0.4, 0.5) is 10.5 Å². The second-order valence-electron chi connectivity index (χ2n) is 6.94. The number of imide groups is 2. The van der Waals surface area contributed by atoms with Crippen LogP contribution in [-0.2, 0) is 16.0 Å². The molecule has 1 heterocycles. The van der Waals surface area contributed by atoms with Crippen LogP contribution in [0.3, 0.4) is 0 Å². The fourth-order valence-electron chi connectivity index (χ4n) is 3.24. The maximum Gasteiger partial charge on any atom is 0.335 e. The van der Waals surface area contributed by atoms with Crippen LogP contribution in [0.25, 0.3) is 6.08 Å². The highest BCUT2D eigenvalue weighted by Crippen LogP contribution is 2.24. The van der Waals surface area contributed by atoms with Crippen LogP contribution in [0.5, 0.6) is 0 Å². The lowest BCUT2D eigenvalue weighted by atomic mass is 10.0. The third kappa shape index (κ3) is 4.60. The predicted octanol–water partition coefficient (Wildman–Crippen LogP) is 5.36. The van der Waals surface area contributed by atoms with Crippen molar-refractivity contribution in [2.24, 2.45) is 0 Å². The Labute approximate surface area is 192 Å². The molecule has 4 rings (SSSR count). The summed E-state index contributed by atoms with van der Waals surface area (Å²) in [5, 5.41) is 2.69. The number of rotatable bonds is 4. The minimum Gasteiger partial charge on any atom is -0.273 e. The zero-order valence-electron chi connectivity index (χ0n) is 16.1. The van der Waals surface area contributed by atoms with Gasteiger partial charge in [-0.15, -0.1) is 0 Å². The summed E-state index contributed by atoms with van der Waals surface area (Å²) < 4.78 is 1.04. The Bertz CT molecular complexity index is 1200. The fraction of sp³-hybridized carbons (Fsp3) is 0.0417. The number of urea groups is 1. The molecule has 31 heavy (non-hydrogen) atoms. The van der Waals surface area contributed by atoms with Crippen LogP contribution in [0.15, 0.2) is 82.8 Å². The van der Waals surface area contributed by atoms with E-state index in [0.717, 1.165) is 26.9 Å². The van der Waals surface area contributed by atoms with Gasteiger partial charge in [0, 0.05) is 9.50 Å². The van der Waals surface area contributed by atoms with E-state index in [2.05, 4.69) is 21.2 Å². The molecule has 0 saturated carbocycles. The lowest BCUT2D eigenvalue weighted by Crippen LogP contribution is -2.54. The van der Waals surface area contributed by atoms with Crippen LogP contribution >= 0.6 is 27.5 Å². The van der Waals surface area contributed by atoms with E-state index in [0.29, 0.717) is 16.3 Å². The first-order chi connectivity index (χ1) is 14.9. The SMILES string of the molecule is O=C1NC(=O)N(c2ccc(Cl)cc2)C(=O)/C1=C/c1ccc(Cc2ccccc2Br)cc1. The maximum atomic E-state index is 12.9. The molecule has 1 fully saturated rings. The van der Waals surface area contributed by atoms with Gasteiger partial charge in [-0.2, -0.15) is 0 Å². The maximum absolute atomic E-state index is 12.9. The predicted molar refractivity (Wildman–Crippen MR) is 124 cm³/mol. The van der Waals surface area contributed by atoms with E-state index in [9.17, 15) is 14.4 Å². The minimum atomic E-state index is -0.793. The van der Waals surface area contributed by atoms with Crippen molar-refractivity contribution in [3.8, 4) is 0 Å². The van der Waals surface area contributed by atoms with Gasteiger partial charge in [0.2, 0.25) is 0 Å². The van der Waals surface area contributed by atoms with Gasteiger partial charge in [0.25, 0.3) is 11.8 Å². The van der Waals surface area contributed by atoms with Gasteiger partial charge in [-0.3, -0.25) is 14.9 Å². The first kappa shape index (κ1) is 21.0. The number of hydrogen-bond donors (Lipinski definition) is 1. The number of halogens is 2. The first-order valence-electron chi connectivity index (χ1n) is 9.42. The number of carbonyl (C=O) groups excluding carboxylic acids is 3. The summed E-state index contributed by atoms with van der Waals surface area (Å²) in [4.78, 5) is 38.4. The monoisotopic (exact) mass is 494 g/mol. The first-order valence-corrected chi connectivity index (χ1v) is 10.6. The van der Waals surface area contributed by atoms with Gasteiger partial charge in [0.1, 0.15) is 5.57 Å². The highest BCUT2D eigenvalue weighted by molar-refractivity contribution is 9.10. The normalized spacial score (nSPS) is 15.4. The number of carbonyl (C=O) groups is 3. The van der Waals surface area contributed by atoms with Crippen LogP contribution < -0.4 is 10.2 Å². The van der Waals surface area contributed by atoms with Crippen LogP contribution in [0.2, 0.25) is 5.02 Å². The molecule has 1 N–H and O–H groups in total. The van der Waals surface area contributed by atoms with Crippen LogP contribution in [-0.4, -0.2) is 17.8 Å². The van der Waals surface area contributed by atoms with Crippen molar-refractivity contribution in [1.29, 1.82) is 0 Å². The summed E-state index contributed by atoms with van der Waals surface area (Å²) in [7, 11) is 0. The molecule has 1 aliphatic heterocycles. The molecule has 0 radical (unpaired) electrons. The Morgan fingerprint density at radius 2 is 1.58 bits per heavy atom. The quantitative estimate of drug-likeness (QED) is 0.391. The molecule has 7 heteroatoms. The van der Waals surface area contributed by atoms with E-state index in [4.69, 9.17) is 11.6 Å². The lowest BCUT2D eigenvalue weighted by Gasteiger charge is -2.26. The van der Waals surface area contributed by atoms with E-state index >= 15 is 0 Å². The van der Waals surface area contributed by atoms with Gasteiger partial charge in [0.05, 0.1) is 5.69 Å². The Balaban J connectivity index is 1.58. The number of anilines is 1. The smallest absolute Gasteiger partial charge is 0.273 e. The molecule has 0 atom stereocenters. The van der Waals surface area contributed by atoms with Gasteiger partial charge >= 0.3 is 6.03 Å². The molecule has 0 aliphatic carbocycles. The number of amides is 4. The Kier molecular flexibility index (Phi) is 6.02. The third-order valence-electron chi connectivity index (χ3n) is 4.83. The third-order valence-corrected chi connectivity index (χ3v) is 5.86. The van der Waals surface area contributed by atoms with Crippen molar-refractivity contribution >= 4 is 57.1 Å². The molecule has 1 aliphatic rings. The number of hydrogen-bond acceptors (Lipinski definition) is 3. The van der Waals surface area contributed by atoms with Gasteiger partial charge in [-0.25, -0.2) is 9.69 Å². The molecular formula is C24H16BrClN2O3. The van der Waals surface area contributed by atoms with E-state index < -0.39 is 17.8 Å². The van der Waals surface area contributed by atoms with Crippen LogP contribution in [0.1, 0.15) is 16.7 Å². The number of benzene rings is 3. The van der Waals surface area contributed by atoms with Gasteiger partial charge in [-0.1, -0.05) is 70.0 Å². The van der Waals surface area contributed by atoms with Crippen molar-refractivity contribution in [3.05, 3.63) is 105 Å².